The Morgan fingerprint density at radius 3 is 2.65 bits per heavy atom. The van der Waals surface area contributed by atoms with Crippen LogP contribution in [0.15, 0.2) is 24.4 Å². The summed E-state index contributed by atoms with van der Waals surface area (Å²) in [4.78, 5) is 11.8. The third-order valence-electron chi connectivity index (χ3n) is 2.43. The molecule has 20 heavy (non-hydrogen) atoms. The van der Waals surface area contributed by atoms with E-state index in [0.717, 1.165) is 12.1 Å². The van der Waals surface area contributed by atoms with Gasteiger partial charge in [0.1, 0.15) is 5.69 Å². The van der Waals surface area contributed by atoms with E-state index in [0.29, 0.717) is 0 Å². The van der Waals surface area contributed by atoms with Crippen molar-refractivity contribution < 1.29 is 18.0 Å². The minimum absolute atomic E-state index is 0.0324. The van der Waals surface area contributed by atoms with Gasteiger partial charge in [0.05, 0.1) is 23.1 Å². The van der Waals surface area contributed by atoms with Crippen LogP contribution in [-0.4, -0.2) is 16.1 Å². The standard InChI is InChI=1S/C11H8ClF3N4O/c12-5-1-2-8(6(3-5)11(13,14)15)18-10(20)9-7(16)4-17-19-9/h1-4H,16H2,(H,17,19)(H,18,20). The molecule has 0 radical (unpaired) electrons. The van der Waals surface area contributed by atoms with Crippen molar-refractivity contribution in [3.05, 3.63) is 40.7 Å². The molecule has 5 nitrogen and oxygen atoms in total. The monoisotopic (exact) mass is 304 g/mol. The highest BCUT2D eigenvalue weighted by Gasteiger charge is 2.34. The van der Waals surface area contributed by atoms with Gasteiger partial charge in [-0.05, 0) is 18.2 Å². The van der Waals surface area contributed by atoms with Gasteiger partial charge in [0.25, 0.3) is 5.91 Å². The number of rotatable bonds is 2. The van der Waals surface area contributed by atoms with E-state index >= 15 is 0 Å². The van der Waals surface area contributed by atoms with Gasteiger partial charge in [-0.15, -0.1) is 0 Å². The minimum atomic E-state index is -4.65. The average molecular weight is 305 g/mol. The maximum absolute atomic E-state index is 12.8. The first-order valence-corrected chi connectivity index (χ1v) is 5.64. The van der Waals surface area contributed by atoms with Crippen molar-refractivity contribution >= 4 is 28.9 Å². The molecule has 1 amide bonds. The third-order valence-corrected chi connectivity index (χ3v) is 2.67. The van der Waals surface area contributed by atoms with Crippen molar-refractivity contribution in [2.75, 3.05) is 11.1 Å². The first-order valence-electron chi connectivity index (χ1n) is 5.26. The predicted octanol–water partition coefficient (Wildman–Crippen LogP) is 2.92. The van der Waals surface area contributed by atoms with Crippen LogP contribution in [0.4, 0.5) is 24.5 Å². The molecule has 1 aromatic carbocycles. The molecule has 0 fully saturated rings. The number of hydrogen-bond acceptors (Lipinski definition) is 3. The van der Waals surface area contributed by atoms with E-state index in [-0.39, 0.29) is 16.4 Å². The Balaban J connectivity index is 2.35. The van der Waals surface area contributed by atoms with E-state index in [1.165, 1.54) is 12.3 Å². The molecule has 0 aliphatic carbocycles. The minimum Gasteiger partial charge on any atom is -0.396 e. The van der Waals surface area contributed by atoms with Crippen LogP contribution in [0.1, 0.15) is 16.1 Å². The van der Waals surface area contributed by atoms with Gasteiger partial charge in [-0.25, -0.2) is 0 Å². The first kappa shape index (κ1) is 14.2. The van der Waals surface area contributed by atoms with E-state index < -0.39 is 23.3 Å². The summed E-state index contributed by atoms with van der Waals surface area (Å²) in [5.74, 6) is -0.826. The molecule has 0 atom stereocenters. The molecule has 0 bridgehead atoms. The van der Waals surface area contributed by atoms with Crippen LogP contribution in [0.5, 0.6) is 0 Å². The van der Waals surface area contributed by atoms with Gasteiger partial charge >= 0.3 is 6.18 Å². The Morgan fingerprint density at radius 2 is 2.10 bits per heavy atom. The van der Waals surface area contributed by atoms with Crippen LogP contribution >= 0.6 is 11.6 Å². The van der Waals surface area contributed by atoms with E-state index in [1.54, 1.807) is 0 Å². The molecule has 2 rings (SSSR count). The Kier molecular flexibility index (Phi) is 3.58. The molecule has 1 aromatic heterocycles. The lowest BCUT2D eigenvalue weighted by Gasteiger charge is -2.13. The number of nitrogens with zero attached hydrogens (tertiary/aromatic N) is 1. The number of amides is 1. The number of nitrogens with one attached hydrogen (secondary N) is 2. The Morgan fingerprint density at radius 1 is 1.40 bits per heavy atom. The number of aromatic amines is 1. The molecule has 0 aliphatic heterocycles. The lowest BCUT2D eigenvalue weighted by Crippen LogP contribution is -2.18. The largest absolute Gasteiger partial charge is 0.418 e. The number of aromatic nitrogens is 2. The molecule has 1 heterocycles. The zero-order valence-corrected chi connectivity index (χ0v) is 10.5. The second kappa shape index (κ2) is 5.04. The normalized spacial score (nSPS) is 11.4. The summed E-state index contributed by atoms with van der Waals surface area (Å²) >= 11 is 5.54. The maximum atomic E-state index is 12.8. The van der Waals surface area contributed by atoms with Crippen molar-refractivity contribution in [3.63, 3.8) is 0 Å². The molecular weight excluding hydrogens is 297 g/mol. The lowest BCUT2D eigenvalue weighted by molar-refractivity contribution is -0.136. The molecule has 0 unspecified atom stereocenters. The summed E-state index contributed by atoms with van der Waals surface area (Å²) in [5.41, 5.74) is 3.90. The fourth-order valence-electron chi connectivity index (χ4n) is 1.52. The van der Waals surface area contributed by atoms with Gasteiger partial charge in [-0.3, -0.25) is 9.89 Å². The molecular formula is C11H8ClF3N4O. The molecule has 0 saturated heterocycles. The van der Waals surface area contributed by atoms with Gasteiger partial charge in [-0.2, -0.15) is 18.3 Å². The predicted molar refractivity (Wildman–Crippen MR) is 67.4 cm³/mol. The number of H-pyrrole nitrogens is 1. The second-order valence-electron chi connectivity index (χ2n) is 3.84. The summed E-state index contributed by atoms with van der Waals surface area (Å²) in [6, 6.07) is 3.03. The fraction of sp³-hybridized carbons (Fsp3) is 0.0909. The molecule has 9 heteroatoms. The van der Waals surface area contributed by atoms with Gasteiger partial charge in [0.2, 0.25) is 0 Å². The van der Waals surface area contributed by atoms with E-state index in [4.69, 9.17) is 17.3 Å². The number of anilines is 2. The Labute approximate surface area is 115 Å². The van der Waals surface area contributed by atoms with Gasteiger partial charge in [0, 0.05) is 5.02 Å². The van der Waals surface area contributed by atoms with Crippen LogP contribution in [0.3, 0.4) is 0 Å². The van der Waals surface area contributed by atoms with Gasteiger partial charge in [0.15, 0.2) is 0 Å². The number of halogens is 4. The number of nitrogen functional groups attached to an aromatic ring is 1. The number of hydrogen-bond donors (Lipinski definition) is 3. The summed E-state index contributed by atoms with van der Waals surface area (Å²) in [6.45, 7) is 0. The third kappa shape index (κ3) is 2.85. The van der Waals surface area contributed by atoms with Gasteiger partial charge < -0.3 is 11.1 Å². The molecule has 0 saturated carbocycles. The number of alkyl halides is 3. The Hall–Kier alpha value is -2.22. The zero-order chi connectivity index (χ0) is 14.9. The Bertz CT molecular complexity index is 653. The van der Waals surface area contributed by atoms with Crippen molar-refractivity contribution in [2.45, 2.75) is 6.18 Å². The van der Waals surface area contributed by atoms with Crippen LogP contribution < -0.4 is 11.1 Å². The summed E-state index contributed by atoms with van der Waals surface area (Å²) < 4.78 is 38.5. The van der Waals surface area contributed by atoms with Gasteiger partial charge in [-0.1, -0.05) is 11.6 Å². The van der Waals surface area contributed by atoms with Crippen molar-refractivity contribution in [1.29, 1.82) is 0 Å². The number of carbonyl (C=O) groups is 1. The summed E-state index contributed by atoms with van der Waals surface area (Å²) in [6.07, 6.45) is -3.46. The van der Waals surface area contributed by atoms with Crippen LogP contribution in [-0.2, 0) is 6.18 Å². The zero-order valence-electron chi connectivity index (χ0n) is 9.75. The number of carbonyl (C=O) groups excluding carboxylic acids is 1. The quantitative estimate of drug-likeness (QED) is 0.797. The highest BCUT2D eigenvalue weighted by atomic mass is 35.5. The van der Waals surface area contributed by atoms with Crippen molar-refractivity contribution in [1.82, 2.24) is 10.2 Å². The van der Waals surface area contributed by atoms with E-state index in [1.807, 2.05) is 0 Å². The van der Waals surface area contributed by atoms with Crippen LogP contribution in [0.2, 0.25) is 5.02 Å². The molecule has 0 spiro atoms. The van der Waals surface area contributed by atoms with Crippen LogP contribution in [0, 0.1) is 0 Å². The fourth-order valence-corrected chi connectivity index (χ4v) is 1.69. The second-order valence-corrected chi connectivity index (χ2v) is 4.28. The summed E-state index contributed by atoms with van der Waals surface area (Å²) in [5, 5.41) is 7.85. The highest BCUT2D eigenvalue weighted by molar-refractivity contribution is 6.30. The van der Waals surface area contributed by atoms with Crippen LogP contribution in [0.25, 0.3) is 0 Å². The van der Waals surface area contributed by atoms with Crippen molar-refractivity contribution in [2.24, 2.45) is 0 Å². The molecule has 2 aromatic rings. The van der Waals surface area contributed by atoms with E-state index in [2.05, 4.69) is 15.5 Å². The van der Waals surface area contributed by atoms with E-state index in [9.17, 15) is 18.0 Å². The summed E-state index contributed by atoms with van der Waals surface area (Å²) in [7, 11) is 0. The first-order chi connectivity index (χ1) is 9.29. The van der Waals surface area contributed by atoms with Crippen molar-refractivity contribution in [3.8, 4) is 0 Å². The average Bonchev–Trinajstić information content (AvgIpc) is 2.76. The molecule has 0 aliphatic rings. The highest BCUT2D eigenvalue weighted by Crippen LogP contribution is 2.36. The smallest absolute Gasteiger partial charge is 0.396 e. The number of nitrogens with two attached hydrogens (primary N) is 1. The maximum Gasteiger partial charge on any atom is 0.418 e. The molecule has 4 N–H and O–H groups in total. The SMILES string of the molecule is Nc1cn[nH]c1C(=O)Nc1ccc(Cl)cc1C(F)(F)F. The lowest BCUT2D eigenvalue weighted by atomic mass is 10.1. The topological polar surface area (TPSA) is 83.8 Å². The molecule has 106 valence electrons. The number of benzene rings is 1.